The minimum absolute atomic E-state index is 0.113. The largest absolute Gasteiger partial charge is 0.490 e. The van der Waals surface area contributed by atoms with Crippen molar-refractivity contribution in [1.82, 2.24) is 5.32 Å². The van der Waals surface area contributed by atoms with Crippen LogP contribution in [0.4, 0.5) is 4.79 Å². The average Bonchev–Trinajstić information content (AvgIpc) is 3.35. The second-order valence-corrected chi connectivity index (χ2v) is 10.8. The maximum atomic E-state index is 12.7. The Labute approximate surface area is 196 Å². The molecule has 0 radical (unpaired) electrons. The third kappa shape index (κ3) is 6.06. The number of halogens is 2. The zero-order valence-corrected chi connectivity index (χ0v) is 19.3. The van der Waals surface area contributed by atoms with E-state index < -0.39 is 26.7 Å². The lowest BCUT2D eigenvalue weighted by Crippen LogP contribution is -2.33. The highest BCUT2D eigenvalue weighted by Gasteiger charge is 2.44. The Morgan fingerprint density at radius 1 is 1.12 bits per heavy atom. The van der Waals surface area contributed by atoms with E-state index in [-0.39, 0.29) is 16.0 Å². The SMILES string of the molecule is N#CC1(NC(=O)O)CC1.O=S(=O)(c1ccccc1Cl)[C@H]1CC[C@H](Oc2ccc(Cl)cc2)C1. The van der Waals surface area contributed by atoms with Crippen molar-refractivity contribution in [3.05, 3.63) is 58.6 Å². The molecule has 4 rings (SSSR count). The Morgan fingerprint density at radius 3 is 2.31 bits per heavy atom. The van der Waals surface area contributed by atoms with Gasteiger partial charge in [-0.3, -0.25) is 0 Å². The maximum Gasteiger partial charge on any atom is 0.405 e. The highest BCUT2D eigenvalue weighted by molar-refractivity contribution is 7.92. The fourth-order valence-electron chi connectivity index (χ4n) is 3.44. The van der Waals surface area contributed by atoms with Crippen LogP contribution in [0.3, 0.4) is 0 Å². The summed E-state index contributed by atoms with van der Waals surface area (Å²) in [5.41, 5.74) is -0.730. The molecule has 2 aromatic carbocycles. The van der Waals surface area contributed by atoms with Crippen molar-refractivity contribution >= 4 is 39.1 Å². The molecule has 2 N–H and O–H groups in total. The van der Waals surface area contributed by atoms with Crippen molar-refractivity contribution in [2.75, 3.05) is 0 Å². The van der Waals surface area contributed by atoms with Gasteiger partial charge in [0, 0.05) is 11.4 Å². The van der Waals surface area contributed by atoms with Crippen LogP contribution in [0.25, 0.3) is 0 Å². The summed E-state index contributed by atoms with van der Waals surface area (Å²) >= 11 is 11.9. The molecule has 2 saturated carbocycles. The van der Waals surface area contributed by atoms with Gasteiger partial charge in [-0.15, -0.1) is 0 Å². The molecular weight excluding hydrogens is 475 g/mol. The molecule has 7 nitrogen and oxygen atoms in total. The number of carboxylic acid groups (broad SMARTS) is 1. The first-order valence-electron chi connectivity index (χ1n) is 9.98. The van der Waals surface area contributed by atoms with Crippen molar-refractivity contribution in [1.29, 1.82) is 5.26 Å². The summed E-state index contributed by atoms with van der Waals surface area (Å²) in [4.78, 5) is 10.2. The number of benzene rings is 2. The Kier molecular flexibility index (Phi) is 7.55. The fourth-order valence-corrected chi connectivity index (χ4v) is 5.91. The van der Waals surface area contributed by atoms with Crippen molar-refractivity contribution < 1.29 is 23.1 Å². The molecule has 0 heterocycles. The van der Waals surface area contributed by atoms with Gasteiger partial charge in [-0.1, -0.05) is 35.3 Å². The van der Waals surface area contributed by atoms with Gasteiger partial charge in [0.15, 0.2) is 9.84 Å². The summed E-state index contributed by atoms with van der Waals surface area (Å²) in [7, 11) is -3.43. The molecule has 170 valence electrons. The first-order valence-corrected chi connectivity index (χ1v) is 12.3. The van der Waals surface area contributed by atoms with Crippen LogP contribution >= 0.6 is 23.2 Å². The van der Waals surface area contributed by atoms with Gasteiger partial charge in [-0.25, -0.2) is 13.2 Å². The smallest absolute Gasteiger partial charge is 0.405 e. The van der Waals surface area contributed by atoms with Gasteiger partial charge in [0.05, 0.1) is 21.2 Å². The standard InChI is InChI=1S/C17H16Cl2O3S.C5H6N2O2/c18-12-5-7-13(8-6-12)22-14-9-10-15(11-14)23(20,21)17-4-2-1-3-16(17)19;6-3-5(1-2-5)7-4(8)9/h1-8,14-15H,9-11H2;7H,1-2H2,(H,8,9)/t14-,15-;/m0./s1. The number of ether oxygens (including phenoxy) is 1. The topological polar surface area (TPSA) is 116 Å². The average molecular weight is 497 g/mol. The molecule has 0 aromatic heterocycles. The van der Waals surface area contributed by atoms with Crippen molar-refractivity contribution in [2.24, 2.45) is 0 Å². The molecule has 0 saturated heterocycles. The fraction of sp³-hybridized carbons (Fsp3) is 0.364. The number of hydrogen-bond acceptors (Lipinski definition) is 5. The van der Waals surface area contributed by atoms with Gasteiger partial charge in [0.2, 0.25) is 0 Å². The number of nitrogens with zero attached hydrogens (tertiary/aromatic N) is 1. The second kappa shape index (κ2) is 9.99. The normalized spacial score (nSPS) is 20.9. The summed E-state index contributed by atoms with van der Waals surface area (Å²) in [6.45, 7) is 0. The van der Waals surface area contributed by atoms with E-state index in [1.807, 2.05) is 6.07 Å². The first-order chi connectivity index (χ1) is 15.1. The second-order valence-electron chi connectivity index (χ2n) is 7.73. The summed E-state index contributed by atoms with van der Waals surface area (Å²) < 4.78 is 31.3. The van der Waals surface area contributed by atoms with E-state index in [4.69, 9.17) is 38.3 Å². The minimum atomic E-state index is -3.43. The zero-order valence-electron chi connectivity index (χ0n) is 17.0. The van der Waals surface area contributed by atoms with Crippen LogP contribution in [0.1, 0.15) is 32.1 Å². The Hall–Kier alpha value is -2.47. The molecule has 0 spiro atoms. The quantitative estimate of drug-likeness (QED) is 0.595. The molecule has 2 aliphatic rings. The third-order valence-corrected chi connectivity index (χ3v) is 8.31. The van der Waals surface area contributed by atoms with Gasteiger partial charge in [0.25, 0.3) is 0 Å². The molecule has 2 atom stereocenters. The number of carbonyl (C=O) groups is 1. The lowest BCUT2D eigenvalue weighted by molar-refractivity contribution is 0.191. The van der Waals surface area contributed by atoms with Gasteiger partial charge in [-0.05, 0) is 62.1 Å². The maximum absolute atomic E-state index is 12.7. The lowest BCUT2D eigenvalue weighted by Gasteiger charge is -2.15. The number of hydrogen-bond donors (Lipinski definition) is 2. The van der Waals surface area contributed by atoms with Gasteiger partial charge in [0.1, 0.15) is 17.4 Å². The van der Waals surface area contributed by atoms with Gasteiger partial charge in [-0.2, -0.15) is 5.26 Å². The molecule has 32 heavy (non-hydrogen) atoms. The van der Waals surface area contributed by atoms with E-state index in [9.17, 15) is 13.2 Å². The van der Waals surface area contributed by atoms with Crippen LogP contribution in [-0.2, 0) is 9.84 Å². The predicted octanol–water partition coefficient (Wildman–Crippen LogP) is 5.08. The third-order valence-electron chi connectivity index (χ3n) is 5.35. The van der Waals surface area contributed by atoms with E-state index >= 15 is 0 Å². The number of nitriles is 1. The Bertz CT molecular complexity index is 1110. The van der Waals surface area contributed by atoms with Gasteiger partial charge >= 0.3 is 6.09 Å². The molecule has 0 bridgehead atoms. The number of sulfone groups is 1. The lowest BCUT2D eigenvalue weighted by atomic mass is 10.3. The monoisotopic (exact) mass is 496 g/mol. The van der Waals surface area contributed by atoms with Gasteiger partial charge < -0.3 is 15.2 Å². The molecule has 10 heteroatoms. The highest BCUT2D eigenvalue weighted by atomic mass is 35.5. The van der Waals surface area contributed by atoms with E-state index in [0.717, 1.165) is 0 Å². The molecule has 2 aliphatic carbocycles. The van der Waals surface area contributed by atoms with Crippen LogP contribution in [0.5, 0.6) is 5.75 Å². The number of rotatable bonds is 5. The summed E-state index contributed by atoms with van der Waals surface area (Å²) in [6.07, 6.45) is 1.82. The number of nitrogens with one attached hydrogen (secondary N) is 1. The highest BCUT2D eigenvalue weighted by Crippen LogP contribution is 2.35. The zero-order chi connectivity index (χ0) is 23.4. The summed E-state index contributed by atoms with van der Waals surface area (Å²) in [6, 6.07) is 15.6. The Morgan fingerprint density at radius 2 is 1.78 bits per heavy atom. The van der Waals surface area contributed by atoms with Crippen LogP contribution in [0.2, 0.25) is 10.0 Å². The molecule has 2 fully saturated rings. The van der Waals surface area contributed by atoms with Crippen molar-refractivity contribution in [3.8, 4) is 11.8 Å². The van der Waals surface area contributed by atoms with E-state index in [1.54, 1.807) is 48.5 Å². The summed E-state index contributed by atoms with van der Waals surface area (Å²) in [5.74, 6) is 0.704. The van der Waals surface area contributed by atoms with Crippen molar-refractivity contribution in [2.45, 2.75) is 53.9 Å². The van der Waals surface area contributed by atoms with Crippen LogP contribution in [-0.4, -0.2) is 36.5 Å². The van der Waals surface area contributed by atoms with E-state index in [1.165, 1.54) is 0 Å². The van der Waals surface area contributed by atoms with E-state index in [0.29, 0.717) is 42.9 Å². The number of amides is 1. The van der Waals surface area contributed by atoms with Crippen molar-refractivity contribution in [3.63, 3.8) is 0 Å². The molecule has 0 aliphatic heterocycles. The molecule has 0 unspecified atom stereocenters. The first kappa shape index (κ1) is 24.2. The van der Waals surface area contributed by atoms with E-state index in [2.05, 4.69) is 5.32 Å². The Balaban J connectivity index is 0.000000269. The van der Waals surface area contributed by atoms with Crippen LogP contribution < -0.4 is 10.1 Å². The summed E-state index contributed by atoms with van der Waals surface area (Å²) in [5, 5.41) is 19.1. The van der Waals surface area contributed by atoms with Crippen LogP contribution in [0, 0.1) is 11.3 Å². The molecular formula is C22H22Cl2N2O5S. The minimum Gasteiger partial charge on any atom is -0.490 e. The molecule has 1 amide bonds. The predicted molar refractivity (Wildman–Crippen MR) is 121 cm³/mol. The molecule has 2 aromatic rings. The van der Waals surface area contributed by atoms with Crippen LogP contribution in [0.15, 0.2) is 53.4 Å².